The Morgan fingerprint density at radius 1 is 1.19 bits per heavy atom. The van der Waals surface area contributed by atoms with Crippen molar-refractivity contribution in [3.8, 4) is 0 Å². The summed E-state index contributed by atoms with van der Waals surface area (Å²) in [5, 5.41) is 0.592. The lowest BCUT2D eigenvalue weighted by Crippen LogP contribution is -2.50. The van der Waals surface area contributed by atoms with Crippen molar-refractivity contribution in [3.63, 3.8) is 0 Å². The van der Waals surface area contributed by atoms with Crippen LogP contribution >= 0.6 is 11.3 Å². The smallest absolute Gasteiger partial charge is 0.259 e. The second kappa shape index (κ2) is 8.72. The molecule has 1 saturated heterocycles. The van der Waals surface area contributed by atoms with Crippen molar-refractivity contribution in [2.75, 3.05) is 26.2 Å². The van der Waals surface area contributed by atoms with Gasteiger partial charge in [-0.1, -0.05) is 12.1 Å². The monoisotopic (exact) mass is 478 g/mol. The Hall–Kier alpha value is -2.63. The van der Waals surface area contributed by atoms with Crippen molar-refractivity contribution in [2.24, 2.45) is 0 Å². The predicted molar refractivity (Wildman–Crippen MR) is 120 cm³/mol. The number of piperazine rings is 1. The van der Waals surface area contributed by atoms with Crippen LogP contribution in [-0.2, 0) is 21.2 Å². The van der Waals surface area contributed by atoms with Gasteiger partial charge in [-0.15, -0.1) is 11.3 Å². The second-order valence-corrected chi connectivity index (χ2v) is 10.8. The minimum absolute atomic E-state index is 0.0944. The highest BCUT2D eigenvalue weighted by Gasteiger charge is 2.31. The third-order valence-electron chi connectivity index (χ3n) is 5.71. The first kappa shape index (κ1) is 22.6. The third-order valence-corrected chi connectivity index (χ3v) is 8.74. The van der Waals surface area contributed by atoms with E-state index in [4.69, 9.17) is 0 Å². The third kappa shape index (κ3) is 4.19. The van der Waals surface area contributed by atoms with Crippen LogP contribution in [0.1, 0.15) is 22.7 Å². The van der Waals surface area contributed by atoms with Crippen LogP contribution < -0.4 is 5.56 Å². The molecule has 1 aliphatic rings. The number of fused-ring (bicyclic) bond motifs is 1. The van der Waals surface area contributed by atoms with Gasteiger partial charge in [-0.25, -0.2) is 17.8 Å². The van der Waals surface area contributed by atoms with Crippen LogP contribution in [0.3, 0.4) is 0 Å². The highest BCUT2D eigenvalue weighted by Crippen LogP contribution is 2.26. The number of aromatic amines is 1. The molecule has 32 heavy (non-hydrogen) atoms. The number of aromatic nitrogens is 2. The zero-order chi connectivity index (χ0) is 23.0. The Morgan fingerprint density at radius 2 is 1.88 bits per heavy atom. The van der Waals surface area contributed by atoms with E-state index in [-0.39, 0.29) is 55.4 Å². The molecule has 0 spiro atoms. The van der Waals surface area contributed by atoms with E-state index in [9.17, 15) is 22.4 Å². The van der Waals surface area contributed by atoms with Gasteiger partial charge in [0.2, 0.25) is 15.9 Å². The van der Waals surface area contributed by atoms with Crippen LogP contribution in [0.5, 0.6) is 0 Å². The molecule has 0 radical (unpaired) electrons. The molecule has 1 amide bonds. The first-order valence-corrected chi connectivity index (χ1v) is 12.5. The number of hydrogen-bond donors (Lipinski definition) is 1. The molecule has 1 aromatic carbocycles. The normalized spacial score (nSPS) is 15.4. The maximum atomic E-state index is 14.0. The predicted octanol–water partition coefficient (Wildman–Crippen LogP) is 2.21. The minimum Gasteiger partial charge on any atom is -0.340 e. The van der Waals surface area contributed by atoms with E-state index in [0.717, 1.165) is 16.5 Å². The van der Waals surface area contributed by atoms with Crippen molar-refractivity contribution in [2.45, 2.75) is 31.6 Å². The van der Waals surface area contributed by atoms with Crippen molar-refractivity contribution in [1.29, 1.82) is 0 Å². The van der Waals surface area contributed by atoms with Crippen molar-refractivity contribution in [1.82, 2.24) is 19.2 Å². The summed E-state index contributed by atoms with van der Waals surface area (Å²) in [6, 6.07) is 5.26. The number of sulfonamides is 1. The van der Waals surface area contributed by atoms with Gasteiger partial charge < -0.3 is 9.88 Å². The number of thiophene rings is 1. The van der Waals surface area contributed by atoms with E-state index >= 15 is 0 Å². The number of carbonyl (C=O) groups is 1. The number of aryl methyl sites for hydroxylation is 3. The van der Waals surface area contributed by atoms with Gasteiger partial charge in [-0.05, 0) is 31.5 Å². The van der Waals surface area contributed by atoms with Crippen LogP contribution in [0.15, 0.2) is 34.0 Å². The van der Waals surface area contributed by atoms with E-state index in [2.05, 4.69) is 9.97 Å². The van der Waals surface area contributed by atoms with Gasteiger partial charge in [0.25, 0.3) is 5.56 Å². The summed E-state index contributed by atoms with van der Waals surface area (Å²) >= 11 is 1.46. The number of amides is 1. The number of hydrogen-bond acceptors (Lipinski definition) is 6. The average Bonchev–Trinajstić information content (AvgIpc) is 3.06. The minimum atomic E-state index is -3.95. The molecule has 2 aromatic heterocycles. The van der Waals surface area contributed by atoms with Crippen LogP contribution in [0.4, 0.5) is 4.39 Å². The molecule has 3 heterocycles. The van der Waals surface area contributed by atoms with Crippen LogP contribution in [-0.4, -0.2) is 59.7 Å². The molecule has 1 aliphatic heterocycles. The van der Waals surface area contributed by atoms with E-state index < -0.39 is 15.8 Å². The lowest BCUT2D eigenvalue weighted by Gasteiger charge is -2.34. The number of benzene rings is 1. The highest BCUT2D eigenvalue weighted by atomic mass is 32.2. The highest BCUT2D eigenvalue weighted by molar-refractivity contribution is 7.89. The molecular formula is C21H23FN4O4S2. The van der Waals surface area contributed by atoms with E-state index in [1.807, 2.05) is 13.8 Å². The number of H-pyrrole nitrogens is 1. The molecule has 170 valence electrons. The van der Waals surface area contributed by atoms with Gasteiger partial charge in [-0.2, -0.15) is 4.31 Å². The van der Waals surface area contributed by atoms with Gasteiger partial charge in [0.15, 0.2) is 0 Å². The van der Waals surface area contributed by atoms with Crippen LogP contribution in [0, 0.1) is 19.7 Å². The molecule has 3 aromatic rings. The number of halogens is 1. The van der Waals surface area contributed by atoms with Crippen LogP contribution in [0.25, 0.3) is 10.2 Å². The van der Waals surface area contributed by atoms with Gasteiger partial charge in [-0.3, -0.25) is 9.59 Å². The number of nitrogens with one attached hydrogen (secondary N) is 1. The molecule has 0 saturated carbocycles. The lowest BCUT2D eigenvalue weighted by molar-refractivity contribution is -0.132. The van der Waals surface area contributed by atoms with E-state index in [1.54, 1.807) is 4.90 Å². The molecule has 11 heteroatoms. The quantitative estimate of drug-likeness (QED) is 0.606. The zero-order valence-corrected chi connectivity index (χ0v) is 19.4. The summed E-state index contributed by atoms with van der Waals surface area (Å²) in [5.74, 6) is -0.479. The molecule has 0 atom stereocenters. The van der Waals surface area contributed by atoms with Gasteiger partial charge >= 0.3 is 0 Å². The summed E-state index contributed by atoms with van der Waals surface area (Å²) in [4.78, 5) is 35.2. The number of rotatable bonds is 5. The largest absolute Gasteiger partial charge is 0.340 e. The Bertz CT molecular complexity index is 1340. The zero-order valence-electron chi connectivity index (χ0n) is 17.7. The topological polar surface area (TPSA) is 103 Å². The van der Waals surface area contributed by atoms with Crippen molar-refractivity contribution < 1.29 is 17.6 Å². The van der Waals surface area contributed by atoms with E-state index in [1.165, 1.54) is 33.8 Å². The molecule has 1 N–H and O–H groups in total. The Kier molecular flexibility index (Phi) is 6.15. The SMILES string of the molecule is Cc1sc2nc(CCC(=O)N3CCN(S(=O)(=O)c4ccccc4F)CC3)[nH]c(=O)c2c1C. The molecule has 0 unspecified atom stereocenters. The Labute approximate surface area is 188 Å². The van der Waals surface area contributed by atoms with Gasteiger partial charge in [0.1, 0.15) is 21.4 Å². The Morgan fingerprint density at radius 3 is 2.56 bits per heavy atom. The maximum absolute atomic E-state index is 14.0. The van der Waals surface area contributed by atoms with Crippen LogP contribution in [0.2, 0.25) is 0 Å². The van der Waals surface area contributed by atoms with E-state index in [0.29, 0.717) is 16.0 Å². The first-order valence-electron chi connectivity index (χ1n) is 10.2. The fraction of sp³-hybridized carbons (Fsp3) is 0.381. The Balaban J connectivity index is 1.38. The standard InChI is InChI=1S/C21H23FN4O4S2/c1-13-14(2)31-21-19(13)20(28)23-17(24-21)7-8-18(27)25-9-11-26(12-10-25)32(29,30)16-6-4-3-5-15(16)22/h3-6H,7-12H2,1-2H3,(H,23,24,28). The van der Waals surface area contributed by atoms with Gasteiger partial charge in [0, 0.05) is 43.9 Å². The molecule has 0 aliphatic carbocycles. The summed E-state index contributed by atoms with van der Waals surface area (Å²) in [5.41, 5.74) is 0.718. The summed E-state index contributed by atoms with van der Waals surface area (Å²) in [6.45, 7) is 4.46. The maximum Gasteiger partial charge on any atom is 0.259 e. The number of nitrogens with zero attached hydrogens (tertiary/aromatic N) is 3. The summed E-state index contributed by atoms with van der Waals surface area (Å²) < 4.78 is 40.6. The molecular weight excluding hydrogens is 455 g/mol. The second-order valence-electron chi connectivity index (χ2n) is 7.69. The number of carbonyl (C=O) groups excluding carboxylic acids is 1. The van der Waals surface area contributed by atoms with Crippen molar-refractivity contribution in [3.05, 3.63) is 56.7 Å². The molecule has 4 rings (SSSR count). The molecule has 8 nitrogen and oxygen atoms in total. The fourth-order valence-corrected chi connectivity index (χ4v) is 6.31. The lowest BCUT2D eigenvalue weighted by atomic mass is 10.2. The van der Waals surface area contributed by atoms with Crippen molar-refractivity contribution >= 4 is 37.5 Å². The summed E-state index contributed by atoms with van der Waals surface area (Å²) in [7, 11) is -3.95. The van der Waals surface area contributed by atoms with Gasteiger partial charge in [0.05, 0.1) is 5.39 Å². The summed E-state index contributed by atoms with van der Waals surface area (Å²) in [6.07, 6.45) is 0.436. The molecule has 0 bridgehead atoms. The fourth-order valence-electron chi connectivity index (χ4n) is 3.77. The molecule has 1 fully saturated rings. The first-order chi connectivity index (χ1) is 15.2. The average molecular weight is 479 g/mol.